The molecule has 1 N–H and O–H groups in total. The largest absolute Gasteiger partial charge is 1.00 e. The molecule has 0 amide bonds. The Morgan fingerprint density at radius 2 is 1.42 bits per heavy atom. The third-order valence-electron chi connectivity index (χ3n) is 0.167. The van der Waals surface area contributed by atoms with Gasteiger partial charge >= 0.3 is 67.8 Å². The van der Waals surface area contributed by atoms with Crippen molar-refractivity contribution in [3.05, 3.63) is 0 Å². The molecule has 0 aliphatic carbocycles. The summed E-state index contributed by atoms with van der Waals surface area (Å²) in [6.45, 7) is 0. The van der Waals surface area contributed by atoms with E-state index in [0.717, 1.165) is 0 Å². The standard InChI is InChI=1S/2Na.H2O5S2.HO2P/c;;1-6(2)7(3,4)5;1-3-2/h;;(H,1,2)(H,3,4,5);(H,1,2)/q2*+1;;/p-2. The summed E-state index contributed by atoms with van der Waals surface area (Å²) in [5, 5.41) is 0. The molecule has 0 saturated heterocycles. The molecule has 12 heteroatoms. The second-order valence-electron chi connectivity index (χ2n) is 0.694. The van der Waals surface area contributed by atoms with Crippen LogP contribution in [0.25, 0.3) is 0 Å². The number of hydrogen-bond donors (Lipinski definition) is 1. The van der Waals surface area contributed by atoms with Crippen LogP contribution in [0, 0.1) is 0 Å². The molecule has 0 heterocycles. The SMILES string of the molecule is O=PO.O=S([O-])S(=O)(=O)[O-].[Na+].[Na+]. The van der Waals surface area contributed by atoms with Gasteiger partial charge in [-0.15, -0.1) is 0 Å². The van der Waals surface area contributed by atoms with E-state index in [1.807, 2.05) is 0 Å². The van der Waals surface area contributed by atoms with Crippen molar-refractivity contribution < 1.29 is 90.3 Å². The van der Waals surface area contributed by atoms with Crippen LogP contribution in [0.5, 0.6) is 0 Å². The molecule has 1 atom stereocenters. The van der Waals surface area contributed by atoms with E-state index >= 15 is 0 Å². The molecule has 0 aromatic heterocycles. The van der Waals surface area contributed by atoms with Gasteiger partial charge < -0.3 is 14.0 Å². The maximum atomic E-state index is 9.16. The van der Waals surface area contributed by atoms with Gasteiger partial charge in [-0.05, 0) is 0 Å². The van der Waals surface area contributed by atoms with E-state index in [4.69, 9.17) is 31.2 Å². The molecule has 0 spiro atoms. The first-order valence-electron chi connectivity index (χ1n) is 1.38. The van der Waals surface area contributed by atoms with Gasteiger partial charge in [0.15, 0.2) is 9.15 Å². The van der Waals surface area contributed by atoms with Gasteiger partial charge in [0.1, 0.15) is 0 Å². The fourth-order valence-corrected chi connectivity index (χ4v) is 0. The third kappa shape index (κ3) is 22.7. The molecule has 0 bridgehead atoms. The van der Waals surface area contributed by atoms with E-state index in [1.165, 1.54) is 0 Å². The zero-order valence-corrected chi connectivity index (χ0v) is 12.7. The number of hydrogen-bond acceptors (Lipinski definition) is 6. The third-order valence-corrected chi connectivity index (χ3v) is 1.50. The van der Waals surface area contributed by atoms with Crippen molar-refractivity contribution in [3.63, 3.8) is 0 Å². The van der Waals surface area contributed by atoms with Crippen molar-refractivity contribution >= 4 is 27.9 Å². The Balaban J connectivity index is -0.0000000569. The minimum Gasteiger partial charge on any atom is -0.761 e. The first kappa shape index (κ1) is 23.7. The van der Waals surface area contributed by atoms with Gasteiger partial charge in [-0.3, -0.25) is 4.21 Å². The molecule has 0 fully saturated rings. The Labute approximate surface area is 117 Å². The summed E-state index contributed by atoms with van der Waals surface area (Å²) in [6, 6.07) is 0. The van der Waals surface area contributed by atoms with Crippen molar-refractivity contribution in [1.29, 1.82) is 0 Å². The molecule has 0 aromatic carbocycles. The van der Waals surface area contributed by atoms with Gasteiger partial charge in [0.25, 0.3) is 0 Å². The Bertz CT molecular complexity index is 207. The van der Waals surface area contributed by atoms with E-state index in [9.17, 15) is 0 Å². The Kier molecular flexibility index (Phi) is 25.8. The molecule has 62 valence electrons. The van der Waals surface area contributed by atoms with Crippen molar-refractivity contribution in [2.45, 2.75) is 0 Å². The van der Waals surface area contributed by atoms with Crippen LogP contribution in [0.1, 0.15) is 0 Å². The second-order valence-corrected chi connectivity index (χ2v) is 4.12. The quantitative estimate of drug-likeness (QED) is 0.161. The Morgan fingerprint density at radius 3 is 1.42 bits per heavy atom. The van der Waals surface area contributed by atoms with Gasteiger partial charge in [-0.2, -0.15) is 0 Å². The van der Waals surface area contributed by atoms with Crippen molar-refractivity contribution in [2.24, 2.45) is 0 Å². The predicted molar refractivity (Wildman–Crippen MR) is 28.4 cm³/mol. The molecule has 0 aliphatic heterocycles. The zero-order valence-electron chi connectivity index (χ0n) is 6.16. The van der Waals surface area contributed by atoms with Gasteiger partial charge in [0.05, 0.1) is 10.1 Å². The Morgan fingerprint density at radius 1 is 1.33 bits per heavy atom. The van der Waals surface area contributed by atoms with Gasteiger partial charge in [0, 0.05) is 0 Å². The van der Waals surface area contributed by atoms with Crippen LogP contribution in [0.4, 0.5) is 0 Å². The van der Waals surface area contributed by atoms with Crippen molar-refractivity contribution in [1.82, 2.24) is 0 Å². The molecule has 0 saturated carbocycles. The van der Waals surface area contributed by atoms with Crippen LogP contribution in [-0.2, 0) is 23.8 Å². The topological polar surface area (TPSA) is 135 Å². The smallest absolute Gasteiger partial charge is 0.761 e. The Hall–Kier alpha value is 2.08. The fourth-order valence-electron chi connectivity index (χ4n) is 0. The summed E-state index contributed by atoms with van der Waals surface area (Å²) >= 11 is 0. The monoisotopic (exact) mass is 254 g/mol. The molecular formula is HNa2O7PS2. The normalized spacial score (nSPS) is 11.2. The maximum absolute atomic E-state index is 9.16. The van der Waals surface area contributed by atoms with E-state index in [-0.39, 0.29) is 59.1 Å². The average Bonchev–Trinajstić information content (AvgIpc) is 1.64. The van der Waals surface area contributed by atoms with E-state index < -0.39 is 27.9 Å². The summed E-state index contributed by atoms with van der Waals surface area (Å²) in [5.41, 5.74) is 0. The van der Waals surface area contributed by atoms with E-state index in [2.05, 4.69) is 0 Å². The summed E-state index contributed by atoms with van der Waals surface area (Å²) in [7, 11) is -9.42. The first-order chi connectivity index (χ1) is 4.36. The van der Waals surface area contributed by atoms with Crippen LogP contribution >= 0.6 is 8.69 Å². The maximum Gasteiger partial charge on any atom is 1.00 e. The second kappa shape index (κ2) is 13.1. The molecule has 1 unspecified atom stereocenters. The summed E-state index contributed by atoms with van der Waals surface area (Å²) in [6.07, 6.45) is 0. The molecule has 7 nitrogen and oxygen atoms in total. The van der Waals surface area contributed by atoms with E-state index in [0.29, 0.717) is 0 Å². The molecule has 0 aliphatic rings. The molecule has 0 radical (unpaired) electrons. The van der Waals surface area contributed by atoms with Gasteiger partial charge in [-0.1, -0.05) is 0 Å². The molecule has 12 heavy (non-hydrogen) atoms. The predicted octanol–water partition coefficient (Wildman–Crippen LogP) is -7.48. The van der Waals surface area contributed by atoms with Crippen LogP contribution < -0.4 is 59.1 Å². The summed E-state index contributed by atoms with van der Waals surface area (Å²) < 4.78 is 54.2. The van der Waals surface area contributed by atoms with Gasteiger partial charge in [-0.25, -0.2) is 13.0 Å². The van der Waals surface area contributed by atoms with Crippen molar-refractivity contribution in [3.8, 4) is 0 Å². The first-order valence-corrected chi connectivity index (χ1v) is 5.15. The van der Waals surface area contributed by atoms with Gasteiger partial charge in [0.2, 0.25) is 0 Å². The average molecular weight is 254 g/mol. The fraction of sp³-hybridized carbons (Fsp3) is 0. The minimum absolute atomic E-state index is 0. The van der Waals surface area contributed by atoms with E-state index in [1.54, 1.807) is 0 Å². The minimum atomic E-state index is -5.07. The molecule has 0 aromatic rings. The van der Waals surface area contributed by atoms with Crippen molar-refractivity contribution in [2.75, 3.05) is 0 Å². The zero-order chi connectivity index (χ0) is 8.78. The summed E-state index contributed by atoms with van der Waals surface area (Å²) in [5.74, 6) is 0. The van der Waals surface area contributed by atoms with Crippen LogP contribution in [0.15, 0.2) is 0 Å². The van der Waals surface area contributed by atoms with Crippen LogP contribution in [0.3, 0.4) is 0 Å². The van der Waals surface area contributed by atoms with Crippen LogP contribution in [-0.4, -0.2) is 26.6 Å². The number of rotatable bonds is 1. The van der Waals surface area contributed by atoms with Crippen LogP contribution in [0.2, 0.25) is 0 Å². The molecular weight excluding hydrogens is 253 g/mol. The molecule has 0 rings (SSSR count). The summed E-state index contributed by atoms with van der Waals surface area (Å²) in [4.78, 5) is 6.99.